The first-order valence-electron chi connectivity index (χ1n) is 6.62. The first kappa shape index (κ1) is 15.0. The van der Waals surface area contributed by atoms with Crippen molar-refractivity contribution in [2.45, 2.75) is 42.7 Å². The Morgan fingerprint density at radius 2 is 2.00 bits per heavy atom. The summed E-state index contributed by atoms with van der Waals surface area (Å²) >= 11 is 0. The molecular formula is C14H18N2O3S. The molecule has 0 saturated heterocycles. The van der Waals surface area contributed by atoms with Gasteiger partial charge in [0.2, 0.25) is 10.0 Å². The van der Waals surface area contributed by atoms with Gasteiger partial charge in [-0.25, -0.2) is 13.1 Å². The van der Waals surface area contributed by atoms with Crippen LogP contribution in [0.25, 0.3) is 0 Å². The van der Waals surface area contributed by atoms with Crippen molar-refractivity contribution in [3.63, 3.8) is 0 Å². The summed E-state index contributed by atoms with van der Waals surface area (Å²) in [5.41, 5.74) is 0.157. The summed E-state index contributed by atoms with van der Waals surface area (Å²) in [5, 5.41) is 9.02. The summed E-state index contributed by atoms with van der Waals surface area (Å²) in [7, 11) is -2.10. The van der Waals surface area contributed by atoms with Gasteiger partial charge in [0.05, 0.1) is 16.6 Å². The maximum atomic E-state index is 12.4. The Morgan fingerprint density at radius 1 is 1.30 bits per heavy atom. The highest BCUT2D eigenvalue weighted by Crippen LogP contribution is 2.23. The van der Waals surface area contributed by atoms with E-state index in [4.69, 9.17) is 10.00 Å². The third kappa shape index (κ3) is 3.18. The third-order valence-electron chi connectivity index (χ3n) is 3.61. The van der Waals surface area contributed by atoms with Gasteiger partial charge in [0.1, 0.15) is 6.07 Å². The average Bonchev–Trinajstić information content (AvgIpc) is 2.47. The molecule has 1 aromatic rings. The third-order valence-corrected chi connectivity index (χ3v) is 5.16. The van der Waals surface area contributed by atoms with Crippen molar-refractivity contribution in [1.29, 1.82) is 5.26 Å². The summed E-state index contributed by atoms with van der Waals surface area (Å²) in [6, 6.07) is 7.90. The Bertz CT molecular complexity index is 607. The van der Waals surface area contributed by atoms with Crippen LogP contribution in [0.3, 0.4) is 0 Å². The molecule has 2 rings (SSSR count). The van der Waals surface area contributed by atoms with Gasteiger partial charge < -0.3 is 4.74 Å². The Kier molecular flexibility index (Phi) is 4.76. The number of nitriles is 1. The van der Waals surface area contributed by atoms with E-state index in [1.807, 2.05) is 6.07 Å². The van der Waals surface area contributed by atoms with E-state index in [0.29, 0.717) is 0 Å². The Hall–Kier alpha value is -1.42. The molecule has 6 heteroatoms. The molecule has 1 fully saturated rings. The van der Waals surface area contributed by atoms with Crippen molar-refractivity contribution in [3.05, 3.63) is 29.8 Å². The van der Waals surface area contributed by atoms with E-state index in [9.17, 15) is 8.42 Å². The van der Waals surface area contributed by atoms with Crippen molar-refractivity contribution < 1.29 is 13.2 Å². The number of nitrogens with zero attached hydrogens (tertiary/aromatic N) is 1. The average molecular weight is 294 g/mol. The van der Waals surface area contributed by atoms with Crippen molar-refractivity contribution in [2.24, 2.45) is 0 Å². The van der Waals surface area contributed by atoms with Crippen LogP contribution >= 0.6 is 0 Å². The van der Waals surface area contributed by atoms with Crippen molar-refractivity contribution in [1.82, 2.24) is 4.72 Å². The van der Waals surface area contributed by atoms with Crippen LogP contribution in [0.15, 0.2) is 29.2 Å². The maximum Gasteiger partial charge on any atom is 0.242 e. The Balaban J connectivity index is 2.25. The van der Waals surface area contributed by atoms with Gasteiger partial charge in [0.25, 0.3) is 0 Å². The second-order valence-electron chi connectivity index (χ2n) is 4.89. The van der Waals surface area contributed by atoms with Crippen LogP contribution in [0.1, 0.15) is 31.2 Å². The van der Waals surface area contributed by atoms with Gasteiger partial charge in [-0.05, 0) is 25.0 Å². The quantitative estimate of drug-likeness (QED) is 0.918. The zero-order valence-corrected chi connectivity index (χ0v) is 12.2. The van der Waals surface area contributed by atoms with Crippen LogP contribution in [-0.2, 0) is 14.8 Å². The molecule has 0 spiro atoms. The van der Waals surface area contributed by atoms with Gasteiger partial charge in [0.15, 0.2) is 0 Å². The number of sulfonamides is 1. The topological polar surface area (TPSA) is 79.2 Å². The lowest BCUT2D eigenvalue weighted by atomic mass is 9.93. The van der Waals surface area contributed by atoms with Gasteiger partial charge in [0, 0.05) is 13.2 Å². The number of ether oxygens (including phenoxy) is 1. The molecule has 1 aliphatic rings. The van der Waals surface area contributed by atoms with E-state index >= 15 is 0 Å². The van der Waals surface area contributed by atoms with Gasteiger partial charge in [-0.2, -0.15) is 5.26 Å². The van der Waals surface area contributed by atoms with E-state index in [-0.39, 0.29) is 22.6 Å². The molecule has 0 unspecified atom stereocenters. The van der Waals surface area contributed by atoms with E-state index in [2.05, 4.69) is 4.72 Å². The van der Waals surface area contributed by atoms with Gasteiger partial charge in [-0.3, -0.25) is 0 Å². The van der Waals surface area contributed by atoms with Gasteiger partial charge >= 0.3 is 0 Å². The Morgan fingerprint density at radius 3 is 2.70 bits per heavy atom. The lowest BCUT2D eigenvalue weighted by molar-refractivity contribution is 0.0493. The van der Waals surface area contributed by atoms with Crippen LogP contribution in [0.5, 0.6) is 0 Å². The standard InChI is InChI=1S/C14H18N2O3S/c1-19-13-8-4-3-7-12(13)16-20(17,18)14-9-5-2-6-11(14)10-15/h2,5-6,9,12-13,16H,3-4,7-8H2,1H3/t12-,13+/m0/s1. The minimum Gasteiger partial charge on any atom is -0.380 e. The van der Waals surface area contributed by atoms with Gasteiger partial charge in [-0.15, -0.1) is 0 Å². The molecule has 108 valence electrons. The first-order valence-corrected chi connectivity index (χ1v) is 8.11. The summed E-state index contributed by atoms with van der Waals surface area (Å²) in [5.74, 6) is 0. The molecule has 0 bridgehead atoms. The smallest absolute Gasteiger partial charge is 0.242 e. The molecule has 0 aliphatic heterocycles. The fourth-order valence-corrected chi connectivity index (χ4v) is 4.03. The summed E-state index contributed by atoms with van der Waals surface area (Å²) in [6.07, 6.45) is 3.53. The minimum atomic E-state index is -3.70. The molecule has 0 radical (unpaired) electrons. The van der Waals surface area contributed by atoms with Crippen LogP contribution in [0.4, 0.5) is 0 Å². The largest absolute Gasteiger partial charge is 0.380 e. The number of methoxy groups -OCH3 is 1. The van der Waals surface area contributed by atoms with Crippen LogP contribution < -0.4 is 4.72 Å². The minimum absolute atomic E-state index is 0.0305. The molecule has 1 N–H and O–H groups in total. The maximum absolute atomic E-state index is 12.4. The Labute approximate surface area is 119 Å². The summed E-state index contributed by atoms with van der Waals surface area (Å²) < 4.78 is 32.9. The summed E-state index contributed by atoms with van der Waals surface area (Å²) in [4.78, 5) is 0.0305. The monoisotopic (exact) mass is 294 g/mol. The highest BCUT2D eigenvalue weighted by Gasteiger charge is 2.30. The lowest BCUT2D eigenvalue weighted by Gasteiger charge is -2.30. The fraction of sp³-hybridized carbons (Fsp3) is 0.500. The zero-order valence-electron chi connectivity index (χ0n) is 11.4. The molecule has 1 aliphatic carbocycles. The number of hydrogen-bond donors (Lipinski definition) is 1. The van der Waals surface area contributed by atoms with Crippen molar-refractivity contribution >= 4 is 10.0 Å². The predicted octanol–water partition coefficient (Wildman–Crippen LogP) is 1.79. The highest BCUT2D eigenvalue weighted by molar-refractivity contribution is 7.89. The molecule has 20 heavy (non-hydrogen) atoms. The molecular weight excluding hydrogens is 276 g/mol. The number of benzene rings is 1. The number of nitrogens with one attached hydrogen (secondary N) is 1. The van der Waals surface area contributed by atoms with E-state index in [1.165, 1.54) is 12.1 Å². The van der Waals surface area contributed by atoms with E-state index in [0.717, 1.165) is 25.7 Å². The SMILES string of the molecule is CO[C@@H]1CCCC[C@@H]1NS(=O)(=O)c1ccccc1C#N. The van der Waals surface area contributed by atoms with E-state index in [1.54, 1.807) is 19.2 Å². The first-order chi connectivity index (χ1) is 9.58. The molecule has 1 aromatic carbocycles. The number of hydrogen-bond acceptors (Lipinski definition) is 4. The zero-order chi connectivity index (χ0) is 14.6. The summed E-state index contributed by atoms with van der Waals surface area (Å²) in [6.45, 7) is 0. The molecule has 2 atom stereocenters. The number of rotatable bonds is 4. The van der Waals surface area contributed by atoms with Crippen molar-refractivity contribution in [3.8, 4) is 6.07 Å². The molecule has 0 amide bonds. The normalized spacial score (nSPS) is 23.2. The predicted molar refractivity (Wildman–Crippen MR) is 74.5 cm³/mol. The highest BCUT2D eigenvalue weighted by atomic mass is 32.2. The molecule has 5 nitrogen and oxygen atoms in total. The fourth-order valence-electron chi connectivity index (χ4n) is 2.57. The second-order valence-corrected chi connectivity index (χ2v) is 6.58. The molecule has 0 aromatic heterocycles. The van der Waals surface area contributed by atoms with E-state index < -0.39 is 10.0 Å². The lowest BCUT2D eigenvalue weighted by Crippen LogP contribution is -2.45. The van der Waals surface area contributed by atoms with Crippen molar-refractivity contribution in [2.75, 3.05) is 7.11 Å². The van der Waals surface area contributed by atoms with Gasteiger partial charge in [-0.1, -0.05) is 25.0 Å². The molecule has 0 heterocycles. The van der Waals surface area contributed by atoms with Crippen LogP contribution in [0.2, 0.25) is 0 Å². The van der Waals surface area contributed by atoms with Crippen LogP contribution in [0, 0.1) is 11.3 Å². The molecule has 1 saturated carbocycles. The second kappa shape index (κ2) is 6.35. The van der Waals surface area contributed by atoms with Crippen LogP contribution in [-0.4, -0.2) is 27.7 Å².